The topological polar surface area (TPSA) is 54.9 Å². The number of thioether (sulfide) groups is 1. The predicted molar refractivity (Wildman–Crippen MR) is 92.6 cm³/mol. The average molecular weight is 329 g/mol. The van der Waals surface area contributed by atoms with Gasteiger partial charge in [-0.3, -0.25) is 4.79 Å². The van der Waals surface area contributed by atoms with Gasteiger partial charge in [-0.2, -0.15) is 0 Å². The lowest BCUT2D eigenvalue weighted by atomic mass is 10.1. The molecule has 0 atom stereocenters. The Morgan fingerprint density at radius 1 is 1.23 bits per heavy atom. The van der Waals surface area contributed by atoms with Crippen LogP contribution in [-0.2, 0) is 11.2 Å². The monoisotopic (exact) mass is 329 g/mol. The van der Waals surface area contributed by atoms with Crippen LogP contribution in [0.3, 0.4) is 0 Å². The molecule has 22 heavy (non-hydrogen) atoms. The van der Waals surface area contributed by atoms with E-state index in [-0.39, 0.29) is 5.91 Å². The van der Waals surface area contributed by atoms with Gasteiger partial charge in [-0.1, -0.05) is 30.8 Å². The van der Waals surface area contributed by atoms with Gasteiger partial charge in [0.2, 0.25) is 5.91 Å². The third-order valence-electron chi connectivity index (χ3n) is 3.20. The summed E-state index contributed by atoms with van der Waals surface area (Å²) in [6.07, 6.45) is 2.54. The van der Waals surface area contributed by atoms with Crippen molar-refractivity contribution < 1.29 is 4.79 Å². The number of anilines is 1. The van der Waals surface area contributed by atoms with Crippen LogP contribution in [-0.4, -0.2) is 21.6 Å². The molecular weight excluding hydrogens is 314 g/mol. The van der Waals surface area contributed by atoms with E-state index >= 15 is 0 Å². The summed E-state index contributed by atoms with van der Waals surface area (Å²) < 4.78 is 1.03. The predicted octanol–water partition coefficient (Wildman–Crippen LogP) is 3.98. The maximum Gasteiger partial charge on any atom is 0.234 e. The van der Waals surface area contributed by atoms with Crippen LogP contribution in [0.25, 0.3) is 10.2 Å². The molecule has 3 aromatic rings. The highest BCUT2D eigenvalue weighted by atomic mass is 32.2. The molecule has 112 valence electrons. The van der Waals surface area contributed by atoms with Crippen molar-refractivity contribution in [3.63, 3.8) is 0 Å². The number of amides is 1. The Kier molecular flexibility index (Phi) is 4.70. The molecule has 0 unspecified atom stereocenters. The fraction of sp³-hybridized carbons (Fsp3) is 0.188. The Morgan fingerprint density at radius 3 is 2.82 bits per heavy atom. The van der Waals surface area contributed by atoms with Crippen LogP contribution >= 0.6 is 23.1 Å². The van der Waals surface area contributed by atoms with E-state index in [1.54, 1.807) is 17.7 Å². The first-order valence-corrected chi connectivity index (χ1v) is 8.82. The number of nitrogens with zero attached hydrogens (tertiary/aromatic N) is 2. The molecule has 4 nitrogen and oxygen atoms in total. The van der Waals surface area contributed by atoms with Gasteiger partial charge in [0.25, 0.3) is 0 Å². The Morgan fingerprint density at radius 2 is 2.05 bits per heavy atom. The second-order valence-electron chi connectivity index (χ2n) is 4.70. The van der Waals surface area contributed by atoms with Crippen molar-refractivity contribution in [3.8, 4) is 0 Å². The summed E-state index contributed by atoms with van der Waals surface area (Å²) in [5.74, 6) is 0.303. The first-order chi connectivity index (χ1) is 10.8. The number of thiophene rings is 1. The summed E-state index contributed by atoms with van der Waals surface area (Å²) in [4.78, 5) is 20.5. The molecule has 0 saturated heterocycles. The molecule has 6 heteroatoms. The Bertz CT molecular complexity index is 783. The largest absolute Gasteiger partial charge is 0.325 e. The number of hydrogen-bond acceptors (Lipinski definition) is 5. The standard InChI is InChI=1S/C16H15N3OS2/c1-2-11-3-5-12(6-4-11)19-14(20)9-22-16-15-13(7-8-21-15)17-10-18-16/h3-8,10H,2,9H2,1H3,(H,19,20). The van der Waals surface area contributed by atoms with Crippen LogP contribution < -0.4 is 5.32 Å². The van der Waals surface area contributed by atoms with E-state index in [9.17, 15) is 4.79 Å². The molecule has 2 heterocycles. The van der Waals surface area contributed by atoms with Crippen LogP contribution in [0, 0.1) is 0 Å². The van der Waals surface area contributed by atoms with Crippen LogP contribution in [0.5, 0.6) is 0 Å². The van der Waals surface area contributed by atoms with Gasteiger partial charge in [-0.25, -0.2) is 9.97 Å². The SMILES string of the molecule is CCc1ccc(NC(=O)CSc2ncnc3ccsc23)cc1. The smallest absolute Gasteiger partial charge is 0.234 e. The molecule has 2 aromatic heterocycles. The van der Waals surface area contributed by atoms with E-state index in [1.165, 1.54) is 17.3 Å². The van der Waals surface area contributed by atoms with Gasteiger partial charge >= 0.3 is 0 Å². The summed E-state index contributed by atoms with van der Waals surface area (Å²) in [7, 11) is 0. The molecule has 1 amide bonds. The molecule has 0 saturated carbocycles. The number of nitrogens with one attached hydrogen (secondary N) is 1. The number of benzene rings is 1. The van der Waals surface area contributed by atoms with E-state index in [1.807, 2.05) is 35.7 Å². The second kappa shape index (κ2) is 6.89. The zero-order chi connectivity index (χ0) is 15.4. The Balaban J connectivity index is 1.61. The van der Waals surface area contributed by atoms with Gasteiger partial charge in [0.05, 0.1) is 16.0 Å². The highest BCUT2D eigenvalue weighted by Crippen LogP contribution is 2.28. The fourth-order valence-electron chi connectivity index (χ4n) is 2.02. The van der Waals surface area contributed by atoms with Crippen molar-refractivity contribution in [1.82, 2.24) is 9.97 Å². The maximum absolute atomic E-state index is 12.0. The zero-order valence-corrected chi connectivity index (χ0v) is 13.7. The summed E-state index contributed by atoms with van der Waals surface area (Å²) in [6.45, 7) is 2.11. The molecule has 0 radical (unpaired) electrons. The first kappa shape index (κ1) is 15.0. The minimum Gasteiger partial charge on any atom is -0.325 e. The number of rotatable bonds is 5. The van der Waals surface area contributed by atoms with Gasteiger partial charge in [0.1, 0.15) is 11.4 Å². The van der Waals surface area contributed by atoms with E-state index in [4.69, 9.17) is 0 Å². The van der Waals surface area contributed by atoms with Crippen LogP contribution in [0.1, 0.15) is 12.5 Å². The van der Waals surface area contributed by atoms with Gasteiger partial charge in [-0.05, 0) is 35.6 Å². The number of carbonyl (C=O) groups is 1. The summed E-state index contributed by atoms with van der Waals surface area (Å²) in [5.41, 5.74) is 3.01. The van der Waals surface area contributed by atoms with Crippen molar-refractivity contribution in [3.05, 3.63) is 47.6 Å². The number of carbonyl (C=O) groups excluding carboxylic acids is 1. The van der Waals surface area contributed by atoms with Crippen LogP contribution in [0.4, 0.5) is 5.69 Å². The first-order valence-electron chi connectivity index (χ1n) is 6.96. The van der Waals surface area contributed by atoms with Gasteiger partial charge in [0, 0.05) is 5.69 Å². The third-order valence-corrected chi connectivity index (χ3v) is 5.23. The molecule has 0 aliphatic carbocycles. The summed E-state index contributed by atoms with van der Waals surface area (Å²) >= 11 is 3.03. The number of fused-ring (bicyclic) bond motifs is 1. The Hall–Kier alpha value is -1.92. The van der Waals surface area contributed by atoms with E-state index in [0.717, 1.165) is 27.4 Å². The minimum atomic E-state index is -0.0300. The van der Waals surface area contributed by atoms with E-state index < -0.39 is 0 Å². The molecule has 0 aliphatic heterocycles. The van der Waals surface area contributed by atoms with E-state index in [0.29, 0.717) is 5.75 Å². The van der Waals surface area contributed by atoms with Crippen LogP contribution in [0.2, 0.25) is 0 Å². The van der Waals surface area contributed by atoms with Crippen molar-refractivity contribution in [2.24, 2.45) is 0 Å². The molecule has 0 aliphatic rings. The van der Waals surface area contributed by atoms with Gasteiger partial charge in [0.15, 0.2) is 0 Å². The molecule has 1 aromatic carbocycles. The van der Waals surface area contributed by atoms with E-state index in [2.05, 4.69) is 22.2 Å². The number of aromatic nitrogens is 2. The molecule has 3 rings (SSSR count). The highest BCUT2D eigenvalue weighted by Gasteiger charge is 2.09. The second-order valence-corrected chi connectivity index (χ2v) is 6.58. The number of aryl methyl sites for hydroxylation is 1. The lowest BCUT2D eigenvalue weighted by Gasteiger charge is -2.06. The number of hydrogen-bond donors (Lipinski definition) is 1. The fourth-order valence-corrected chi connectivity index (χ4v) is 3.77. The quantitative estimate of drug-likeness (QED) is 0.568. The van der Waals surface area contributed by atoms with Crippen molar-refractivity contribution >= 4 is 44.9 Å². The normalized spacial score (nSPS) is 10.8. The molecule has 0 spiro atoms. The van der Waals surface area contributed by atoms with Crippen molar-refractivity contribution in [1.29, 1.82) is 0 Å². The summed E-state index contributed by atoms with van der Waals surface area (Å²) in [5, 5.41) is 5.75. The lowest BCUT2D eigenvalue weighted by molar-refractivity contribution is -0.113. The molecular formula is C16H15N3OS2. The third kappa shape index (κ3) is 3.45. The minimum absolute atomic E-state index is 0.0300. The highest BCUT2D eigenvalue weighted by molar-refractivity contribution is 8.00. The molecule has 0 bridgehead atoms. The lowest BCUT2D eigenvalue weighted by Crippen LogP contribution is -2.14. The van der Waals surface area contributed by atoms with Crippen molar-refractivity contribution in [2.45, 2.75) is 18.4 Å². The molecule has 0 fully saturated rings. The van der Waals surface area contributed by atoms with Gasteiger partial charge < -0.3 is 5.32 Å². The maximum atomic E-state index is 12.0. The van der Waals surface area contributed by atoms with Gasteiger partial charge in [-0.15, -0.1) is 11.3 Å². The Labute approximate surface area is 137 Å². The van der Waals surface area contributed by atoms with Crippen LogP contribution in [0.15, 0.2) is 47.1 Å². The molecule has 1 N–H and O–H groups in total. The van der Waals surface area contributed by atoms with Crippen molar-refractivity contribution in [2.75, 3.05) is 11.1 Å². The average Bonchev–Trinajstić information content (AvgIpc) is 3.03. The summed E-state index contributed by atoms with van der Waals surface area (Å²) in [6, 6.07) is 9.89. The zero-order valence-electron chi connectivity index (χ0n) is 12.1.